The van der Waals surface area contributed by atoms with Crippen LogP contribution in [-0.4, -0.2) is 0 Å². The summed E-state index contributed by atoms with van der Waals surface area (Å²) in [4.78, 5) is 0. The maximum absolute atomic E-state index is 2.48. The molecule has 0 N–H and O–H groups in total. The number of pyridine rings is 4. The molecule has 286 valence electrons. The van der Waals surface area contributed by atoms with Crippen LogP contribution < -0.4 is 18.3 Å². The van der Waals surface area contributed by atoms with Gasteiger partial charge in [-0.1, -0.05) is 79.1 Å². The molecule has 54 heavy (non-hydrogen) atoms. The van der Waals surface area contributed by atoms with Gasteiger partial charge in [0.15, 0.2) is 49.6 Å². The lowest BCUT2D eigenvalue weighted by Crippen LogP contribution is -2.32. The molecule has 0 aliphatic heterocycles. The van der Waals surface area contributed by atoms with Crippen molar-refractivity contribution in [2.45, 2.75) is 157 Å². The fraction of sp³-hybridized carbons (Fsp3) is 0.480. The van der Waals surface area contributed by atoms with Crippen LogP contribution >= 0.6 is 0 Å². The van der Waals surface area contributed by atoms with E-state index in [1.807, 2.05) is 0 Å². The second kappa shape index (κ2) is 22.9. The van der Waals surface area contributed by atoms with Gasteiger partial charge < -0.3 is 0 Å². The molecule has 0 saturated carbocycles. The molecule has 0 bridgehead atoms. The Kier molecular flexibility index (Phi) is 17.4. The Labute approximate surface area is 328 Å². The highest BCUT2D eigenvalue weighted by molar-refractivity contribution is 5.94. The zero-order chi connectivity index (χ0) is 37.8. The maximum Gasteiger partial charge on any atom is 0.169 e. The van der Waals surface area contributed by atoms with E-state index in [1.165, 1.54) is 147 Å². The number of unbranched alkanes of at least 4 members (excludes halogenated alkanes) is 12. The topological polar surface area (TPSA) is 15.5 Å². The summed E-state index contributed by atoms with van der Waals surface area (Å²) < 4.78 is 9.43. The van der Waals surface area contributed by atoms with Crippen molar-refractivity contribution in [2.75, 3.05) is 0 Å². The minimum absolute atomic E-state index is 1.07. The minimum Gasteiger partial charge on any atom is -0.205 e. The molecule has 1 aromatic carbocycles. The maximum atomic E-state index is 2.48. The van der Waals surface area contributed by atoms with E-state index in [-0.39, 0.29) is 0 Å². The summed E-state index contributed by atoms with van der Waals surface area (Å²) in [7, 11) is 0. The summed E-state index contributed by atoms with van der Waals surface area (Å²) in [6.07, 6.45) is 38.7. The first kappa shape index (κ1) is 41.0. The van der Waals surface area contributed by atoms with Gasteiger partial charge in [-0.2, -0.15) is 0 Å². The molecular formula is C50H70N4+4. The van der Waals surface area contributed by atoms with Gasteiger partial charge in [0.25, 0.3) is 0 Å². The van der Waals surface area contributed by atoms with Crippen LogP contribution in [0.4, 0.5) is 0 Å². The zero-order valence-electron chi connectivity index (χ0n) is 34.3. The van der Waals surface area contributed by atoms with E-state index in [9.17, 15) is 0 Å². The Balaban J connectivity index is 1.57. The second-order valence-corrected chi connectivity index (χ2v) is 15.5. The van der Waals surface area contributed by atoms with Crippen molar-refractivity contribution in [3.05, 3.63) is 110 Å². The summed E-state index contributed by atoms with van der Waals surface area (Å²) in [6, 6.07) is 23.6. The Morgan fingerprint density at radius 1 is 0.278 bits per heavy atom. The standard InChI is InChI=1S/C50H70N4/c1-5-9-13-17-29-51-33-21-43(22-34-51)47-41-49(45-25-37-53(38-26-45)31-19-15-11-7-3)50(46-27-39-54(40-28-46)32-20-16-12-8-4)42-48(47)44-23-35-52(36-24-44)30-18-14-10-6-2/h21-28,33-42H,5-20,29-32H2,1-4H3/q+4. The van der Waals surface area contributed by atoms with Crippen LogP contribution in [-0.2, 0) is 26.2 Å². The molecular weight excluding hydrogens is 657 g/mol. The molecule has 0 aliphatic carbocycles. The van der Waals surface area contributed by atoms with Gasteiger partial charge in [0, 0.05) is 74.2 Å². The summed E-state index contributed by atoms with van der Waals surface area (Å²) in [5.41, 5.74) is 10.2. The third-order valence-electron chi connectivity index (χ3n) is 11.0. The molecule has 0 aliphatic rings. The Morgan fingerprint density at radius 2 is 0.481 bits per heavy atom. The Hall–Kier alpha value is -4.18. The highest BCUT2D eigenvalue weighted by Crippen LogP contribution is 2.41. The highest BCUT2D eigenvalue weighted by Gasteiger charge is 2.19. The van der Waals surface area contributed by atoms with Crippen LogP contribution in [0.5, 0.6) is 0 Å². The van der Waals surface area contributed by atoms with E-state index in [0.29, 0.717) is 0 Å². The predicted octanol–water partition coefficient (Wildman–Crippen LogP) is 11.8. The van der Waals surface area contributed by atoms with Gasteiger partial charge in [-0.15, -0.1) is 0 Å². The van der Waals surface area contributed by atoms with E-state index < -0.39 is 0 Å². The van der Waals surface area contributed by atoms with Crippen LogP contribution in [0.1, 0.15) is 130 Å². The van der Waals surface area contributed by atoms with Crippen molar-refractivity contribution in [3.8, 4) is 44.5 Å². The van der Waals surface area contributed by atoms with Gasteiger partial charge in [-0.3, -0.25) is 0 Å². The average Bonchev–Trinajstić information content (AvgIpc) is 3.22. The smallest absolute Gasteiger partial charge is 0.169 e. The fourth-order valence-corrected chi connectivity index (χ4v) is 7.58. The van der Waals surface area contributed by atoms with Gasteiger partial charge in [0.05, 0.1) is 0 Å². The van der Waals surface area contributed by atoms with Crippen LogP contribution in [0.2, 0.25) is 0 Å². The highest BCUT2D eigenvalue weighted by atomic mass is 14.9. The van der Waals surface area contributed by atoms with Crippen molar-refractivity contribution in [2.24, 2.45) is 0 Å². The fourth-order valence-electron chi connectivity index (χ4n) is 7.58. The Bertz CT molecular complexity index is 1510. The molecule has 0 atom stereocenters. The van der Waals surface area contributed by atoms with Crippen molar-refractivity contribution in [3.63, 3.8) is 0 Å². The van der Waals surface area contributed by atoms with Crippen molar-refractivity contribution < 1.29 is 18.3 Å². The predicted molar refractivity (Wildman–Crippen MR) is 226 cm³/mol. The van der Waals surface area contributed by atoms with Gasteiger partial charge in [0.1, 0.15) is 26.2 Å². The van der Waals surface area contributed by atoms with E-state index >= 15 is 0 Å². The van der Waals surface area contributed by atoms with Gasteiger partial charge in [0.2, 0.25) is 0 Å². The monoisotopic (exact) mass is 727 g/mol. The van der Waals surface area contributed by atoms with E-state index in [1.54, 1.807) is 0 Å². The number of hydrogen-bond acceptors (Lipinski definition) is 0. The molecule has 0 unspecified atom stereocenters. The summed E-state index contributed by atoms with van der Waals surface area (Å²) in [5.74, 6) is 0. The number of rotatable bonds is 24. The van der Waals surface area contributed by atoms with Crippen molar-refractivity contribution >= 4 is 0 Å². The molecule has 0 saturated heterocycles. The molecule has 5 aromatic rings. The van der Waals surface area contributed by atoms with Crippen molar-refractivity contribution in [1.29, 1.82) is 0 Å². The molecule has 0 spiro atoms. The summed E-state index contributed by atoms with van der Waals surface area (Å²) >= 11 is 0. The van der Waals surface area contributed by atoms with Crippen LogP contribution in [0.15, 0.2) is 110 Å². The molecule has 4 heteroatoms. The molecule has 4 heterocycles. The lowest BCUT2D eigenvalue weighted by atomic mass is 9.86. The van der Waals surface area contributed by atoms with E-state index in [0.717, 1.165) is 26.2 Å². The van der Waals surface area contributed by atoms with Gasteiger partial charge >= 0.3 is 0 Å². The number of aromatic nitrogens is 4. The number of aryl methyl sites for hydroxylation is 4. The van der Waals surface area contributed by atoms with Gasteiger partial charge in [-0.05, 0) is 82.3 Å². The molecule has 0 radical (unpaired) electrons. The molecule has 4 nitrogen and oxygen atoms in total. The van der Waals surface area contributed by atoms with E-state index in [4.69, 9.17) is 0 Å². The first-order chi connectivity index (χ1) is 26.6. The van der Waals surface area contributed by atoms with E-state index in [2.05, 4.69) is 156 Å². The third-order valence-corrected chi connectivity index (χ3v) is 11.0. The number of hydrogen-bond donors (Lipinski definition) is 0. The lowest BCUT2D eigenvalue weighted by Gasteiger charge is -2.17. The molecule has 0 fully saturated rings. The average molecular weight is 727 g/mol. The Morgan fingerprint density at radius 3 is 0.667 bits per heavy atom. The quantitative estimate of drug-likeness (QED) is 0.0444. The van der Waals surface area contributed by atoms with Crippen molar-refractivity contribution in [1.82, 2.24) is 0 Å². The van der Waals surface area contributed by atoms with Crippen LogP contribution in [0.3, 0.4) is 0 Å². The first-order valence-electron chi connectivity index (χ1n) is 21.8. The summed E-state index contributed by atoms with van der Waals surface area (Å²) in [5, 5.41) is 0. The largest absolute Gasteiger partial charge is 0.205 e. The SMILES string of the molecule is CCCCCC[n+]1ccc(-c2cc(-c3cc[n+](CCCCCC)cc3)c(-c3cc[n+](CCCCCC)cc3)cc2-c2cc[n+](CCCCCC)cc2)cc1. The molecule has 0 amide bonds. The third kappa shape index (κ3) is 12.4. The first-order valence-corrected chi connectivity index (χ1v) is 21.8. The van der Waals surface area contributed by atoms with Crippen LogP contribution in [0.25, 0.3) is 44.5 Å². The minimum atomic E-state index is 1.07. The summed E-state index contributed by atoms with van der Waals surface area (Å²) in [6.45, 7) is 13.4. The van der Waals surface area contributed by atoms with Gasteiger partial charge in [-0.25, -0.2) is 18.3 Å². The number of benzene rings is 1. The van der Waals surface area contributed by atoms with Crippen LogP contribution in [0, 0.1) is 0 Å². The number of nitrogens with zero attached hydrogens (tertiary/aromatic N) is 4. The lowest BCUT2D eigenvalue weighted by molar-refractivity contribution is -0.697. The normalized spacial score (nSPS) is 11.3. The molecule has 4 aromatic heterocycles. The second-order valence-electron chi connectivity index (χ2n) is 15.5. The zero-order valence-corrected chi connectivity index (χ0v) is 34.3. The molecule has 5 rings (SSSR count).